The van der Waals surface area contributed by atoms with Crippen molar-refractivity contribution in [3.8, 4) is 0 Å². The van der Waals surface area contributed by atoms with Gasteiger partial charge in [-0.15, -0.1) is 0 Å². The summed E-state index contributed by atoms with van der Waals surface area (Å²) in [6.07, 6.45) is 4.38. The molecule has 1 heterocycles. The Labute approximate surface area is 112 Å². The van der Waals surface area contributed by atoms with Crippen LogP contribution in [0.5, 0.6) is 0 Å². The van der Waals surface area contributed by atoms with Gasteiger partial charge < -0.3 is 10.2 Å². The van der Waals surface area contributed by atoms with Crippen LogP contribution in [0.25, 0.3) is 0 Å². The standard InChI is InChI=1S/C15H30N2O/c1-5-12(2)11-17(4)15(18)9-13(3)14-7-6-8-16-10-14/h12-14,16H,5-11H2,1-4H3. The second-order valence-electron chi connectivity index (χ2n) is 6.08. The number of carbonyl (C=O) groups excluding carboxylic acids is 1. The fraction of sp³-hybridized carbons (Fsp3) is 0.933. The van der Waals surface area contributed by atoms with E-state index in [2.05, 4.69) is 26.1 Å². The molecule has 0 aromatic carbocycles. The summed E-state index contributed by atoms with van der Waals surface area (Å²) in [4.78, 5) is 14.1. The van der Waals surface area contributed by atoms with Gasteiger partial charge >= 0.3 is 0 Å². The number of rotatable bonds is 6. The minimum Gasteiger partial charge on any atom is -0.345 e. The zero-order valence-electron chi connectivity index (χ0n) is 12.5. The number of nitrogens with zero attached hydrogens (tertiary/aromatic N) is 1. The number of hydrogen-bond donors (Lipinski definition) is 1. The molecular weight excluding hydrogens is 224 g/mol. The molecule has 18 heavy (non-hydrogen) atoms. The third-order valence-corrected chi connectivity index (χ3v) is 4.34. The summed E-state index contributed by atoms with van der Waals surface area (Å²) in [6.45, 7) is 9.74. The third-order valence-electron chi connectivity index (χ3n) is 4.34. The first-order valence-electron chi connectivity index (χ1n) is 7.49. The molecule has 0 spiro atoms. The van der Waals surface area contributed by atoms with Crippen molar-refractivity contribution < 1.29 is 4.79 Å². The largest absolute Gasteiger partial charge is 0.345 e. The van der Waals surface area contributed by atoms with E-state index in [1.54, 1.807) is 0 Å². The maximum Gasteiger partial charge on any atom is 0.222 e. The fourth-order valence-electron chi connectivity index (χ4n) is 2.66. The summed E-state index contributed by atoms with van der Waals surface area (Å²) in [7, 11) is 1.94. The minimum atomic E-state index is 0.313. The molecule has 3 heteroatoms. The van der Waals surface area contributed by atoms with Crippen LogP contribution in [0.3, 0.4) is 0 Å². The Hall–Kier alpha value is -0.570. The molecule has 0 radical (unpaired) electrons. The highest BCUT2D eigenvalue weighted by atomic mass is 16.2. The first-order chi connectivity index (χ1) is 8.54. The minimum absolute atomic E-state index is 0.313. The molecule has 106 valence electrons. The lowest BCUT2D eigenvalue weighted by Crippen LogP contribution is -2.37. The van der Waals surface area contributed by atoms with Gasteiger partial charge in [-0.3, -0.25) is 4.79 Å². The Balaban J connectivity index is 2.33. The van der Waals surface area contributed by atoms with Crippen molar-refractivity contribution in [2.45, 2.75) is 46.5 Å². The van der Waals surface area contributed by atoms with E-state index in [0.717, 1.165) is 26.1 Å². The molecule has 1 aliphatic heterocycles. The monoisotopic (exact) mass is 254 g/mol. The van der Waals surface area contributed by atoms with Gasteiger partial charge in [0.25, 0.3) is 0 Å². The smallest absolute Gasteiger partial charge is 0.222 e. The van der Waals surface area contributed by atoms with Gasteiger partial charge in [0.1, 0.15) is 0 Å². The van der Waals surface area contributed by atoms with Crippen LogP contribution >= 0.6 is 0 Å². The molecule has 0 aromatic rings. The van der Waals surface area contributed by atoms with Gasteiger partial charge in [0, 0.05) is 20.0 Å². The number of amides is 1. The van der Waals surface area contributed by atoms with E-state index >= 15 is 0 Å². The maximum absolute atomic E-state index is 12.2. The predicted octanol–water partition coefficient (Wildman–Crippen LogP) is 2.52. The van der Waals surface area contributed by atoms with Gasteiger partial charge in [-0.1, -0.05) is 27.2 Å². The highest BCUT2D eigenvalue weighted by Gasteiger charge is 2.23. The zero-order valence-corrected chi connectivity index (χ0v) is 12.5. The van der Waals surface area contributed by atoms with Gasteiger partial charge in [-0.2, -0.15) is 0 Å². The first kappa shape index (κ1) is 15.5. The van der Waals surface area contributed by atoms with Gasteiger partial charge in [0.15, 0.2) is 0 Å². The Bertz CT molecular complexity index is 249. The summed E-state index contributed by atoms with van der Waals surface area (Å²) in [5, 5.41) is 3.43. The van der Waals surface area contributed by atoms with E-state index in [4.69, 9.17) is 0 Å². The topological polar surface area (TPSA) is 32.3 Å². The van der Waals surface area contributed by atoms with Crippen molar-refractivity contribution in [3.63, 3.8) is 0 Å². The van der Waals surface area contributed by atoms with Crippen LogP contribution in [-0.2, 0) is 4.79 Å². The van der Waals surface area contributed by atoms with Crippen molar-refractivity contribution in [1.82, 2.24) is 10.2 Å². The van der Waals surface area contributed by atoms with Crippen LogP contribution in [0, 0.1) is 17.8 Å². The maximum atomic E-state index is 12.2. The molecule has 1 saturated heterocycles. The van der Waals surface area contributed by atoms with Crippen LogP contribution in [0.1, 0.15) is 46.5 Å². The first-order valence-corrected chi connectivity index (χ1v) is 7.49. The van der Waals surface area contributed by atoms with Crippen LogP contribution in [0.2, 0.25) is 0 Å². The second-order valence-corrected chi connectivity index (χ2v) is 6.08. The van der Waals surface area contributed by atoms with E-state index in [1.807, 2.05) is 11.9 Å². The van der Waals surface area contributed by atoms with Crippen LogP contribution in [0.4, 0.5) is 0 Å². The summed E-state index contributed by atoms with van der Waals surface area (Å²) in [5.41, 5.74) is 0. The molecule has 1 aliphatic rings. The molecule has 0 bridgehead atoms. The summed E-state index contributed by atoms with van der Waals surface area (Å²) in [6, 6.07) is 0. The Morgan fingerprint density at radius 2 is 2.17 bits per heavy atom. The fourth-order valence-corrected chi connectivity index (χ4v) is 2.66. The van der Waals surface area contributed by atoms with Gasteiger partial charge in [-0.25, -0.2) is 0 Å². The molecule has 3 nitrogen and oxygen atoms in total. The highest BCUT2D eigenvalue weighted by Crippen LogP contribution is 2.23. The van der Waals surface area contributed by atoms with Crippen molar-refractivity contribution in [1.29, 1.82) is 0 Å². The average Bonchev–Trinajstić information content (AvgIpc) is 2.39. The van der Waals surface area contributed by atoms with E-state index < -0.39 is 0 Å². The SMILES string of the molecule is CCC(C)CN(C)C(=O)CC(C)C1CCCNC1. The van der Waals surface area contributed by atoms with Crippen LogP contribution in [0.15, 0.2) is 0 Å². The lowest BCUT2D eigenvalue weighted by atomic mass is 9.85. The molecule has 1 fully saturated rings. The molecule has 1 rings (SSSR count). The molecule has 0 saturated carbocycles. The van der Waals surface area contributed by atoms with Crippen molar-refractivity contribution in [2.24, 2.45) is 17.8 Å². The van der Waals surface area contributed by atoms with Gasteiger partial charge in [0.2, 0.25) is 5.91 Å². The van der Waals surface area contributed by atoms with E-state index in [9.17, 15) is 4.79 Å². The zero-order chi connectivity index (χ0) is 13.5. The van der Waals surface area contributed by atoms with Crippen molar-refractivity contribution in [3.05, 3.63) is 0 Å². The Morgan fingerprint density at radius 1 is 1.44 bits per heavy atom. The van der Waals surface area contributed by atoms with Crippen molar-refractivity contribution in [2.75, 3.05) is 26.7 Å². The van der Waals surface area contributed by atoms with Crippen molar-refractivity contribution >= 4 is 5.91 Å². The molecule has 0 aliphatic carbocycles. The van der Waals surface area contributed by atoms with Crippen LogP contribution in [-0.4, -0.2) is 37.5 Å². The lowest BCUT2D eigenvalue weighted by Gasteiger charge is -2.29. The Kier molecular flexibility index (Phi) is 6.69. The van der Waals surface area contributed by atoms with Gasteiger partial charge in [0.05, 0.1) is 0 Å². The average molecular weight is 254 g/mol. The quantitative estimate of drug-likeness (QED) is 0.790. The molecule has 0 aromatic heterocycles. The summed E-state index contributed by atoms with van der Waals surface area (Å²) < 4.78 is 0. The molecule has 3 atom stereocenters. The third kappa shape index (κ3) is 4.97. The Morgan fingerprint density at radius 3 is 2.72 bits per heavy atom. The molecule has 1 N–H and O–H groups in total. The number of carbonyl (C=O) groups is 1. The lowest BCUT2D eigenvalue weighted by molar-refractivity contribution is -0.131. The predicted molar refractivity (Wildman–Crippen MR) is 76.5 cm³/mol. The number of nitrogens with one attached hydrogen (secondary N) is 1. The summed E-state index contributed by atoms with van der Waals surface area (Å²) in [5.74, 6) is 2.10. The molecular formula is C15H30N2O. The van der Waals surface area contributed by atoms with E-state index in [0.29, 0.717) is 30.1 Å². The van der Waals surface area contributed by atoms with E-state index in [1.165, 1.54) is 12.8 Å². The number of hydrogen-bond acceptors (Lipinski definition) is 2. The second kappa shape index (κ2) is 7.78. The highest BCUT2D eigenvalue weighted by molar-refractivity contribution is 5.76. The van der Waals surface area contributed by atoms with Gasteiger partial charge in [-0.05, 0) is 43.7 Å². The van der Waals surface area contributed by atoms with E-state index in [-0.39, 0.29) is 0 Å². The van der Waals surface area contributed by atoms with Crippen LogP contribution < -0.4 is 5.32 Å². The summed E-state index contributed by atoms with van der Waals surface area (Å²) >= 11 is 0. The normalized spacial score (nSPS) is 23.4. The molecule has 3 unspecified atom stereocenters. The number of piperidine rings is 1. The molecule has 1 amide bonds.